The van der Waals surface area contributed by atoms with Gasteiger partial charge in [-0.15, -0.1) is 13.2 Å². The van der Waals surface area contributed by atoms with Gasteiger partial charge in [-0.25, -0.2) is 4.79 Å². The Hall–Kier alpha value is -1.89. The van der Waals surface area contributed by atoms with Gasteiger partial charge in [0.15, 0.2) is 0 Å². The Morgan fingerprint density at radius 2 is 2.00 bits per heavy atom. The van der Waals surface area contributed by atoms with Crippen LogP contribution in [0.15, 0.2) is 18.2 Å². The average Bonchev–Trinajstić information content (AvgIpc) is 2.69. The minimum absolute atomic E-state index is 0.175. The largest absolute Gasteiger partial charge is 0.573 e. The van der Waals surface area contributed by atoms with Crippen molar-refractivity contribution >= 4 is 28.5 Å². The quantitative estimate of drug-likeness (QED) is 0.797. The van der Waals surface area contributed by atoms with Crippen LogP contribution in [0.4, 0.5) is 13.2 Å². The number of carbonyl (C=O) groups is 1. The van der Waals surface area contributed by atoms with Crippen molar-refractivity contribution in [1.29, 1.82) is 0 Å². The molecule has 4 nitrogen and oxygen atoms in total. The van der Waals surface area contributed by atoms with E-state index in [1.807, 2.05) is 0 Å². The molecule has 1 heterocycles. The predicted octanol–water partition coefficient (Wildman–Crippen LogP) is 3.52. The zero-order valence-corrected chi connectivity index (χ0v) is 11.2. The Bertz CT molecular complexity index is 679. The van der Waals surface area contributed by atoms with Gasteiger partial charge in [0.1, 0.15) is 11.4 Å². The standard InChI is InChI=1S/C12H9ClF3NO3/c1-17-7-3-4-9(20-12(14,15)16)10(13)6(7)5-8(17)11(18)19-2/h3-5H,1-2H3. The molecular weight excluding hydrogens is 299 g/mol. The molecule has 0 saturated carbocycles. The first-order valence-corrected chi connectivity index (χ1v) is 5.74. The van der Waals surface area contributed by atoms with Crippen LogP contribution in [0.5, 0.6) is 5.75 Å². The van der Waals surface area contributed by atoms with Crippen molar-refractivity contribution in [2.75, 3.05) is 7.11 Å². The molecule has 0 radical (unpaired) electrons. The van der Waals surface area contributed by atoms with E-state index in [9.17, 15) is 18.0 Å². The fourth-order valence-corrected chi connectivity index (χ4v) is 2.11. The number of ether oxygens (including phenoxy) is 2. The maximum atomic E-state index is 12.2. The molecule has 2 rings (SSSR count). The topological polar surface area (TPSA) is 40.5 Å². The molecule has 0 N–H and O–H groups in total. The van der Waals surface area contributed by atoms with Crippen LogP contribution in [0, 0.1) is 0 Å². The van der Waals surface area contributed by atoms with E-state index in [0.29, 0.717) is 5.52 Å². The number of nitrogens with zero attached hydrogens (tertiary/aromatic N) is 1. The second-order valence-corrected chi connectivity index (χ2v) is 4.32. The number of halogens is 4. The van der Waals surface area contributed by atoms with Crippen molar-refractivity contribution in [3.8, 4) is 5.75 Å². The number of hydrogen-bond donors (Lipinski definition) is 0. The highest BCUT2D eigenvalue weighted by atomic mass is 35.5. The highest BCUT2D eigenvalue weighted by Crippen LogP contribution is 2.37. The predicted molar refractivity (Wildman–Crippen MR) is 66.0 cm³/mol. The molecule has 0 atom stereocenters. The number of fused-ring (bicyclic) bond motifs is 1. The SMILES string of the molecule is COC(=O)c1cc2c(Cl)c(OC(F)(F)F)ccc2n1C. The van der Waals surface area contributed by atoms with Gasteiger partial charge in [0.2, 0.25) is 0 Å². The summed E-state index contributed by atoms with van der Waals surface area (Å²) in [5.74, 6) is -1.13. The zero-order chi connectivity index (χ0) is 15.1. The number of methoxy groups -OCH3 is 1. The third kappa shape index (κ3) is 2.53. The molecule has 0 spiro atoms. The molecule has 0 amide bonds. The van der Waals surface area contributed by atoms with E-state index >= 15 is 0 Å². The summed E-state index contributed by atoms with van der Waals surface area (Å²) >= 11 is 5.89. The number of rotatable bonds is 2. The lowest BCUT2D eigenvalue weighted by atomic mass is 10.2. The molecule has 0 fully saturated rings. The molecule has 108 valence electrons. The van der Waals surface area contributed by atoms with Gasteiger partial charge in [-0.05, 0) is 18.2 Å². The Morgan fingerprint density at radius 1 is 1.35 bits per heavy atom. The number of aromatic nitrogens is 1. The van der Waals surface area contributed by atoms with E-state index in [0.717, 1.165) is 6.07 Å². The monoisotopic (exact) mass is 307 g/mol. The van der Waals surface area contributed by atoms with Crippen molar-refractivity contribution in [3.63, 3.8) is 0 Å². The molecule has 0 bridgehead atoms. The van der Waals surface area contributed by atoms with Crippen molar-refractivity contribution in [2.45, 2.75) is 6.36 Å². The van der Waals surface area contributed by atoms with E-state index in [4.69, 9.17) is 11.6 Å². The highest BCUT2D eigenvalue weighted by Gasteiger charge is 2.32. The number of benzene rings is 1. The first-order valence-electron chi connectivity index (χ1n) is 5.36. The van der Waals surface area contributed by atoms with Gasteiger partial charge in [-0.2, -0.15) is 0 Å². The van der Waals surface area contributed by atoms with E-state index < -0.39 is 18.1 Å². The van der Waals surface area contributed by atoms with Crippen LogP contribution >= 0.6 is 11.6 Å². The van der Waals surface area contributed by atoms with Gasteiger partial charge in [0, 0.05) is 12.4 Å². The minimum atomic E-state index is -4.84. The summed E-state index contributed by atoms with van der Waals surface area (Å²) in [4.78, 5) is 11.5. The number of aryl methyl sites for hydroxylation is 1. The summed E-state index contributed by atoms with van der Waals surface area (Å²) < 4.78 is 46.6. The summed E-state index contributed by atoms with van der Waals surface area (Å²) in [5, 5.41) is 0.0573. The third-order valence-electron chi connectivity index (χ3n) is 2.75. The first-order chi connectivity index (χ1) is 9.24. The second-order valence-electron chi connectivity index (χ2n) is 3.94. The van der Waals surface area contributed by atoms with Crippen LogP contribution in [-0.4, -0.2) is 24.0 Å². The summed E-state index contributed by atoms with van der Waals surface area (Å²) in [6, 6.07) is 3.83. The van der Waals surface area contributed by atoms with Crippen molar-refractivity contribution in [1.82, 2.24) is 4.57 Å². The molecule has 8 heteroatoms. The molecule has 2 aromatic rings. The van der Waals surface area contributed by atoms with E-state index in [-0.39, 0.29) is 16.1 Å². The smallest absolute Gasteiger partial charge is 0.464 e. The van der Waals surface area contributed by atoms with Gasteiger partial charge in [-0.3, -0.25) is 0 Å². The Kier molecular flexibility index (Phi) is 3.56. The molecule has 0 aliphatic rings. The summed E-state index contributed by atoms with van der Waals surface area (Å²) in [6.07, 6.45) is -4.84. The maximum Gasteiger partial charge on any atom is 0.573 e. The molecule has 20 heavy (non-hydrogen) atoms. The third-order valence-corrected chi connectivity index (χ3v) is 3.14. The molecular formula is C12H9ClF3NO3. The van der Waals surface area contributed by atoms with Crippen molar-refractivity contribution in [3.05, 3.63) is 28.9 Å². The Morgan fingerprint density at radius 3 is 2.55 bits per heavy atom. The van der Waals surface area contributed by atoms with Gasteiger partial charge in [-0.1, -0.05) is 11.6 Å². The van der Waals surface area contributed by atoms with Gasteiger partial charge in [0.05, 0.1) is 17.6 Å². The number of carbonyl (C=O) groups excluding carboxylic acids is 1. The van der Waals surface area contributed by atoms with Gasteiger partial charge in [0.25, 0.3) is 0 Å². The van der Waals surface area contributed by atoms with Gasteiger partial charge >= 0.3 is 12.3 Å². The molecule has 0 aliphatic carbocycles. The molecule has 1 aromatic heterocycles. The van der Waals surface area contributed by atoms with E-state index in [2.05, 4.69) is 9.47 Å². The average molecular weight is 308 g/mol. The number of esters is 1. The number of alkyl halides is 3. The van der Waals surface area contributed by atoms with Crippen LogP contribution in [0.1, 0.15) is 10.5 Å². The molecule has 1 aromatic carbocycles. The molecule has 0 unspecified atom stereocenters. The summed E-state index contributed by atoms with van der Waals surface area (Å²) in [6.45, 7) is 0. The molecule has 0 aliphatic heterocycles. The van der Waals surface area contributed by atoms with E-state index in [1.54, 1.807) is 7.05 Å². The fourth-order valence-electron chi connectivity index (χ4n) is 1.86. The van der Waals surface area contributed by atoms with Crippen LogP contribution in [-0.2, 0) is 11.8 Å². The first kappa shape index (κ1) is 14.5. The second kappa shape index (κ2) is 4.90. The lowest BCUT2D eigenvalue weighted by Crippen LogP contribution is -2.17. The van der Waals surface area contributed by atoms with Crippen LogP contribution in [0.25, 0.3) is 10.9 Å². The lowest BCUT2D eigenvalue weighted by Gasteiger charge is -2.10. The number of hydrogen-bond acceptors (Lipinski definition) is 3. The summed E-state index contributed by atoms with van der Waals surface area (Å²) in [7, 11) is 2.79. The lowest BCUT2D eigenvalue weighted by molar-refractivity contribution is -0.274. The minimum Gasteiger partial charge on any atom is -0.464 e. The van der Waals surface area contributed by atoms with Crippen molar-refractivity contribution < 1.29 is 27.4 Å². The Balaban J connectivity index is 2.59. The normalized spacial score (nSPS) is 11.7. The van der Waals surface area contributed by atoms with Crippen LogP contribution < -0.4 is 4.74 Å². The maximum absolute atomic E-state index is 12.2. The van der Waals surface area contributed by atoms with Crippen LogP contribution in [0.3, 0.4) is 0 Å². The highest BCUT2D eigenvalue weighted by molar-refractivity contribution is 6.37. The summed E-state index contributed by atoms with van der Waals surface area (Å²) in [5.41, 5.74) is 0.665. The van der Waals surface area contributed by atoms with Crippen molar-refractivity contribution in [2.24, 2.45) is 7.05 Å². The zero-order valence-electron chi connectivity index (χ0n) is 10.4. The Labute approximate surface area is 116 Å². The van der Waals surface area contributed by atoms with Gasteiger partial charge < -0.3 is 14.0 Å². The van der Waals surface area contributed by atoms with E-state index in [1.165, 1.54) is 23.8 Å². The molecule has 0 saturated heterocycles. The van der Waals surface area contributed by atoms with Crippen LogP contribution in [0.2, 0.25) is 5.02 Å². The fraction of sp³-hybridized carbons (Fsp3) is 0.250.